The predicted molar refractivity (Wildman–Crippen MR) is 103 cm³/mol. The maximum atomic E-state index is 14.3. The summed E-state index contributed by atoms with van der Waals surface area (Å²) in [6, 6.07) is 10.6. The normalized spacial score (nSPS) is 22.3. The largest absolute Gasteiger partial charge is 0.442 e. The molecule has 6 nitrogen and oxygen atoms in total. The number of hydrogen-bond acceptors (Lipinski definition) is 4. The molecule has 156 valence electrons. The van der Waals surface area contributed by atoms with Gasteiger partial charge in [-0.05, 0) is 25.0 Å². The fourth-order valence-electron chi connectivity index (χ4n) is 3.89. The van der Waals surface area contributed by atoms with Crippen LogP contribution in [0.25, 0.3) is 0 Å². The maximum absolute atomic E-state index is 14.3. The number of aromatic nitrogens is 1. The Balaban J connectivity index is 1.81. The number of amidine groups is 1. The molecule has 4 rings (SSSR count). The van der Waals surface area contributed by atoms with Crippen LogP contribution in [-0.2, 0) is 4.79 Å². The summed E-state index contributed by atoms with van der Waals surface area (Å²) in [7, 11) is 0. The molecule has 1 aliphatic carbocycles. The second-order valence-electron chi connectivity index (χ2n) is 7.32. The van der Waals surface area contributed by atoms with Crippen molar-refractivity contribution >= 4 is 17.6 Å². The molecule has 1 aromatic heterocycles. The third-order valence-corrected chi connectivity index (χ3v) is 5.38. The molecule has 1 unspecified atom stereocenters. The number of pyridine rings is 1. The van der Waals surface area contributed by atoms with Gasteiger partial charge in [0.25, 0.3) is 11.8 Å². The van der Waals surface area contributed by atoms with E-state index in [0.717, 1.165) is 23.9 Å². The molecule has 0 spiro atoms. The van der Waals surface area contributed by atoms with Gasteiger partial charge < -0.3 is 5.32 Å². The molecule has 0 radical (unpaired) electrons. The molecule has 0 bridgehead atoms. The summed E-state index contributed by atoms with van der Waals surface area (Å²) in [4.78, 5) is 34.6. The van der Waals surface area contributed by atoms with E-state index in [4.69, 9.17) is 0 Å². The second-order valence-corrected chi connectivity index (χ2v) is 7.32. The van der Waals surface area contributed by atoms with Crippen molar-refractivity contribution in [2.24, 2.45) is 4.99 Å². The Kier molecular flexibility index (Phi) is 5.05. The third kappa shape index (κ3) is 3.34. The molecule has 1 aromatic carbocycles. The minimum atomic E-state index is -5.13. The summed E-state index contributed by atoms with van der Waals surface area (Å²) >= 11 is 0. The summed E-state index contributed by atoms with van der Waals surface area (Å²) in [5, 5.41) is 1.87. The van der Waals surface area contributed by atoms with E-state index < -0.39 is 29.7 Å². The Labute approximate surface area is 170 Å². The van der Waals surface area contributed by atoms with Crippen LogP contribution in [0.3, 0.4) is 0 Å². The van der Waals surface area contributed by atoms with E-state index >= 15 is 0 Å². The van der Waals surface area contributed by atoms with Crippen LogP contribution in [0.4, 0.5) is 13.2 Å². The summed E-state index contributed by atoms with van der Waals surface area (Å²) in [6.45, 7) is 0. The highest BCUT2D eigenvalue weighted by molar-refractivity contribution is 6.17. The number of nitrogens with zero attached hydrogens (tertiary/aromatic N) is 3. The van der Waals surface area contributed by atoms with Crippen LogP contribution in [0.2, 0.25) is 0 Å². The lowest BCUT2D eigenvalue weighted by Crippen LogP contribution is -2.64. The number of hydrogen-bond donors (Lipinski definition) is 1. The highest BCUT2D eigenvalue weighted by Gasteiger charge is 2.68. The number of halogens is 3. The Bertz CT molecular complexity index is 973. The van der Waals surface area contributed by atoms with Crippen LogP contribution in [0.1, 0.15) is 41.6 Å². The molecular weight excluding hydrogens is 397 g/mol. The Morgan fingerprint density at radius 2 is 1.80 bits per heavy atom. The molecule has 2 heterocycles. The average Bonchev–Trinajstić information content (AvgIpc) is 3.36. The second kappa shape index (κ2) is 7.55. The SMILES string of the molecule is O=C(NC1(C(F)(F)F)N=C(c2ccccc2)N(C2CCCC2)C1=O)c1cccnc1. The molecule has 1 aliphatic heterocycles. The number of carbonyl (C=O) groups excluding carboxylic acids is 2. The van der Waals surface area contributed by atoms with Crippen LogP contribution in [-0.4, -0.2) is 45.4 Å². The lowest BCUT2D eigenvalue weighted by molar-refractivity contribution is -0.196. The van der Waals surface area contributed by atoms with Gasteiger partial charge in [0, 0.05) is 24.0 Å². The van der Waals surface area contributed by atoms with E-state index in [1.54, 1.807) is 30.3 Å². The zero-order chi connectivity index (χ0) is 21.4. The summed E-state index contributed by atoms with van der Waals surface area (Å²) in [5.74, 6) is -2.42. The molecule has 9 heteroatoms. The first-order valence-corrected chi connectivity index (χ1v) is 9.62. The van der Waals surface area contributed by atoms with Crippen LogP contribution in [0.15, 0.2) is 59.9 Å². The van der Waals surface area contributed by atoms with E-state index in [1.165, 1.54) is 18.3 Å². The number of carbonyl (C=O) groups is 2. The number of alkyl halides is 3. The molecule has 1 saturated carbocycles. The summed E-state index contributed by atoms with van der Waals surface area (Å²) in [6.07, 6.45) is 0.203. The Morgan fingerprint density at radius 3 is 2.40 bits per heavy atom. The zero-order valence-electron chi connectivity index (χ0n) is 15.9. The molecule has 30 heavy (non-hydrogen) atoms. The first kappa shape index (κ1) is 20.1. The van der Waals surface area contributed by atoms with Crippen LogP contribution < -0.4 is 5.32 Å². The van der Waals surface area contributed by atoms with E-state index in [2.05, 4.69) is 9.98 Å². The molecule has 0 saturated heterocycles. The predicted octanol–water partition coefficient (Wildman–Crippen LogP) is 3.30. The van der Waals surface area contributed by atoms with Crippen LogP contribution in [0.5, 0.6) is 0 Å². The first-order chi connectivity index (χ1) is 14.3. The Hall–Kier alpha value is -3.23. The van der Waals surface area contributed by atoms with Crippen molar-refractivity contribution in [3.8, 4) is 0 Å². The standard InChI is InChI=1S/C21H19F3N4O2/c22-21(23,24)20(27-18(29)15-9-6-12-25-13-15)19(30)28(16-10-4-5-11-16)17(26-20)14-7-2-1-3-8-14/h1-3,6-9,12-13,16H,4-5,10-11H2,(H,27,29). The monoisotopic (exact) mass is 416 g/mol. The van der Waals surface area contributed by atoms with Gasteiger partial charge in [0.2, 0.25) is 0 Å². The Morgan fingerprint density at radius 1 is 1.10 bits per heavy atom. The fraction of sp³-hybridized carbons (Fsp3) is 0.333. The van der Waals surface area contributed by atoms with Gasteiger partial charge >= 0.3 is 11.8 Å². The van der Waals surface area contributed by atoms with Gasteiger partial charge in [-0.15, -0.1) is 0 Å². The summed E-state index contributed by atoms with van der Waals surface area (Å²) in [5.41, 5.74) is -3.09. The van der Waals surface area contributed by atoms with Crippen molar-refractivity contribution in [2.45, 2.75) is 43.6 Å². The molecule has 1 N–H and O–H groups in total. The highest BCUT2D eigenvalue weighted by Crippen LogP contribution is 2.41. The number of benzene rings is 1. The maximum Gasteiger partial charge on any atom is 0.442 e. The van der Waals surface area contributed by atoms with Gasteiger partial charge in [0.05, 0.1) is 5.56 Å². The van der Waals surface area contributed by atoms with Crippen molar-refractivity contribution in [1.29, 1.82) is 0 Å². The molecule has 1 atom stereocenters. The fourth-order valence-corrected chi connectivity index (χ4v) is 3.89. The molecule has 1 fully saturated rings. The van der Waals surface area contributed by atoms with Crippen LogP contribution >= 0.6 is 0 Å². The van der Waals surface area contributed by atoms with Gasteiger partial charge in [-0.25, -0.2) is 4.99 Å². The molecule has 2 amide bonds. The summed E-state index contributed by atoms with van der Waals surface area (Å²) < 4.78 is 42.9. The lowest BCUT2D eigenvalue weighted by Gasteiger charge is -2.31. The molecule has 2 aromatic rings. The minimum Gasteiger partial charge on any atom is -0.312 e. The van der Waals surface area contributed by atoms with Gasteiger partial charge in [-0.2, -0.15) is 13.2 Å². The van der Waals surface area contributed by atoms with Crippen molar-refractivity contribution < 1.29 is 22.8 Å². The molecule has 2 aliphatic rings. The number of amides is 2. The number of nitrogens with one attached hydrogen (secondary N) is 1. The van der Waals surface area contributed by atoms with Crippen molar-refractivity contribution in [3.63, 3.8) is 0 Å². The van der Waals surface area contributed by atoms with Gasteiger partial charge in [-0.3, -0.25) is 19.5 Å². The smallest absolute Gasteiger partial charge is 0.312 e. The van der Waals surface area contributed by atoms with Gasteiger partial charge in [0.1, 0.15) is 5.84 Å². The van der Waals surface area contributed by atoms with Crippen molar-refractivity contribution in [2.75, 3.05) is 0 Å². The lowest BCUT2D eigenvalue weighted by atomic mass is 10.1. The molecular formula is C21H19F3N4O2. The minimum absolute atomic E-state index is 0.0729. The third-order valence-electron chi connectivity index (χ3n) is 5.38. The topological polar surface area (TPSA) is 74.7 Å². The van der Waals surface area contributed by atoms with Crippen molar-refractivity contribution in [1.82, 2.24) is 15.2 Å². The van der Waals surface area contributed by atoms with Crippen LogP contribution in [0, 0.1) is 0 Å². The van der Waals surface area contributed by atoms with E-state index in [1.807, 2.05) is 5.32 Å². The van der Waals surface area contributed by atoms with Gasteiger partial charge in [-0.1, -0.05) is 43.2 Å². The van der Waals surface area contributed by atoms with Gasteiger partial charge in [0.15, 0.2) is 0 Å². The number of aliphatic imine (C=N–C) groups is 1. The van der Waals surface area contributed by atoms with Crippen molar-refractivity contribution in [3.05, 3.63) is 66.0 Å². The van der Waals surface area contributed by atoms with E-state index in [9.17, 15) is 22.8 Å². The van der Waals surface area contributed by atoms with E-state index in [0.29, 0.717) is 18.4 Å². The van der Waals surface area contributed by atoms with E-state index in [-0.39, 0.29) is 11.4 Å². The quantitative estimate of drug-likeness (QED) is 0.831. The zero-order valence-corrected chi connectivity index (χ0v) is 15.9. The number of rotatable bonds is 4. The average molecular weight is 416 g/mol. The first-order valence-electron chi connectivity index (χ1n) is 9.62. The highest BCUT2D eigenvalue weighted by atomic mass is 19.4.